The topological polar surface area (TPSA) is 52.3 Å². The third kappa shape index (κ3) is 3.56. The lowest BCUT2D eigenvalue weighted by molar-refractivity contribution is -0.125. The van der Waals surface area contributed by atoms with E-state index in [0.29, 0.717) is 12.2 Å². The number of anilines is 1. The van der Waals surface area contributed by atoms with Gasteiger partial charge in [-0.3, -0.25) is 4.79 Å². The van der Waals surface area contributed by atoms with Gasteiger partial charge in [0.15, 0.2) is 0 Å². The first-order valence-electron chi connectivity index (χ1n) is 6.20. The van der Waals surface area contributed by atoms with Crippen LogP contribution in [-0.2, 0) is 16.0 Å². The van der Waals surface area contributed by atoms with Crippen molar-refractivity contribution < 1.29 is 9.53 Å². The summed E-state index contributed by atoms with van der Waals surface area (Å²) >= 11 is 0. The zero-order valence-electron chi connectivity index (χ0n) is 10.0. The van der Waals surface area contributed by atoms with Crippen LogP contribution in [0.5, 0.6) is 0 Å². The standard InChI is InChI=1S/C14H19NO2/c15-13-4-1-11(2-5-13)3-6-14(16)12-7-9-17-10-8-12/h1-2,4-5,12H,3,6-10,15H2. The molecule has 3 heteroatoms. The minimum atomic E-state index is 0.220. The minimum Gasteiger partial charge on any atom is -0.399 e. The van der Waals surface area contributed by atoms with Gasteiger partial charge in [0.05, 0.1) is 0 Å². The second-order valence-corrected chi connectivity index (χ2v) is 4.59. The average molecular weight is 233 g/mol. The van der Waals surface area contributed by atoms with E-state index in [1.54, 1.807) is 0 Å². The lowest BCUT2D eigenvalue weighted by Crippen LogP contribution is -2.23. The Kier molecular flexibility index (Phi) is 4.15. The summed E-state index contributed by atoms with van der Waals surface area (Å²) in [7, 11) is 0. The van der Waals surface area contributed by atoms with E-state index in [1.807, 2.05) is 24.3 Å². The molecule has 0 radical (unpaired) electrons. The molecule has 3 nitrogen and oxygen atoms in total. The molecule has 1 aromatic rings. The summed E-state index contributed by atoms with van der Waals surface area (Å²) in [5.74, 6) is 0.600. The van der Waals surface area contributed by atoms with Crippen molar-refractivity contribution in [1.29, 1.82) is 0 Å². The lowest BCUT2D eigenvalue weighted by atomic mass is 9.92. The Morgan fingerprint density at radius 3 is 2.53 bits per heavy atom. The van der Waals surface area contributed by atoms with Gasteiger partial charge in [-0.25, -0.2) is 0 Å². The molecule has 0 atom stereocenters. The van der Waals surface area contributed by atoms with E-state index < -0.39 is 0 Å². The summed E-state index contributed by atoms with van der Waals surface area (Å²) in [6.45, 7) is 1.47. The Bertz CT molecular complexity index is 366. The molecule has 1 aliphatic rings. The van der Waals surface area contributed by atoms with Crippen molar-refractivity contribution in [2.75, 3.05) is 18.9 Å². The van der Waals surface area contributed by atoms with Crippen LogP contribution < -0.4 is 5.73 Å². The van der Waals surface area contributed by atoms with Gasteiger partial charge in [0.1, 0.15) is 5.78 Å². The lowest BCUT2D eigenvalue weighted by Gasteiger charge is -2.20. The Hall–Kier alpha value is -1.35. The summed E-state index contributed by atoms with van der Waals surface area (Å²) < 4.78 is 5.26. The highest BCUT2D eigenvalue weighted by Crippen LogP contribution is 2.18. The van der Waals surface area contributed by atoms with Crippen LogP contribution in [-0.4, -0.2) is 19.0 Å². The molecular formula is C14H19NO2. The van der Waals surface area contributed by atoms with E-state index in [1.165, 1.54) is 5.56 Å². The molecule has 1 heterocycles. The fourth-order valence-corrected chi connectivity index (χ4v) is 2.18. The fraction of sp³-hybridized carbons (Fsp3) is 0.500. The quantitative estimate of drug-likeness (QED) is 0.811. The zero-order valence-corrected chi connectivity index (χ0v) is 10.0. The highest BCUT2D eigenvalue weighted by atomic mass is 16.5. The number of nitrogen functional groups attached to an aromatic ring is 1. The second-order valence-electron chi connectivity index (χ2n) is 4.59. The molecule has 0 aromatic heterocycles. The van der Waals surface area contributed by atoms with E-state index >= 15 is 0 Å². The van der Waals surface area contributed by atoms with Gasteiger partial charge in [0.25, 0.3) is 0 Å². The van der Waals surface area contributed by atoms with E-state index in [2.05, 4.69) is 0 Å². The van der Waals surface area contributed by atoms with Gasteiger partial charge in [0, 0.05) is 31.2 Å². The molecule has 0 spiro atoms. The maximum atomic E-state index is 12.0. The number of nitrogens with two attached hydrogens (primary N) is 1. The van der Waals surface area contributed by atoms with Crippen molar-refractivity contribution in [2.45, 2.75) is 25.7 Å². The van der Waals surface area contributed by atoms with Crippen LogP contribution in [0.15, 0.2) is 24.3 Å². The van der Waals surface area contributed by atoms with Crippen LogP contribution in [0, 0.1) is 5.92 Å². The molecule has 1 aliphatic heterocycles. The van der Waals surface area contributed by atoms with Crippen LogP contribution in [0.2, 0.25) is 0 Å². The number of aryl methyl sites for hydroxylation is 1. The van der Waals surface area contributed by atoms with Crippen LogP contribution in [0.25, 0.3) is 0 Å². The normalized spacial score (nSPS) is 16.9. The van der Waals surface area contributed by atoms with E-state index in [4.69, 9.17) is 10.5 Å². The Morgan fingerprint density at radius 2 is 1.88 bits per heavy atom. The van der Waals surface area contributed by atoms with Crippen LogP contribution in [0.3, 0.4) is 0 Å². The number of carbonyl (C=O) groups excluding carboxylic acids is 1. The number of ether oxygens (including phenoxy) is 1. The summed E-state index contributed by atoms with van der Waals surface area (Å²) in [6.07, 6.45) is 3.23. The SMILES string of the molecule is Nc1ccc(CCC(=O)C2CCOCC2)cc1. The predicted molar refractivity (Wildman–Crippen MR) is 67.7 cm³/mol. The highest BCUT2D eigenvalue weighted by molar-refractivity contribution is 5.81. The summed E-state index contributed by atoms with van der Waals surface area (Å²) in [5, 5.41) is 0. The van der Waals surface area contributed by atoms with Crippen molar-refractivity contribution in [3.8, 4) is 0 Å². The van der Waals surface area contributed by atoms with Crippen LogP contribution in [0.4, 0.5) is 5.69 Å². The molecule has 2 N–H and O–H groups in total. The molecule has 17 heavy (non-hydrogen) atoms. The smallest absolute Gasteiger partial charge is 0.136 e. The van der Waals surface area contributed by atoms with E-state index in [-0.39, 0.29) is 5.92 Å². The van der Waals surface area contributed by atoms with Crippen molar-refractivity contribution in [3.63, 3.8) is 0 Å². The molecule has 1 aromatic carbocycles. The molecule has 0 saturated carbocycles. The number of ketones is 1. The summed E-state index contributed by atoms with van der Waals surface area (Å²) in [4.78, 5) is 12.0. The van der Waals surface area contributed by atoms with Crippen LogP contribution >= 0.6 is 0 Å². The van der Waals surface area contributed by atoms with Gasteiger partial charge in [-0.1, -0.05) is 12.1 Å². The number of carbonyl (C=O) groups is 1. The molecule has 1 fully saturated rings. The van der Waals surface area contributed by atoms with Gasteiger partial charge >= 0.3 is 0 Å². The van der Waals surface area contributed by atoms with E-state index in [0.717, 1.165) is 38.2 Å². The monoisotopic (exact) mass is 233 g/mol. The van der Waals surface area contributed by atoms with Crippen LogP contribution in [0.1, 0.15) is 24.8 Å². The first-order valence-corrected chi connectivity index (χ1v) is 6.20. The van der Waals surface area contributed by atoms with Gasteiger partial charge in [-0.05, 0) is 37.0 Å². The number of benzene rings is 1. The third-order valence-corrected chi connectivity index (χ3v) is 3.32. The first-order chi connectivity index (χ1) is 8.25. The number of Topliss-reactive ketones (excluding diaryl/α,β-unsaturated/α-hetero) is 1. The number of hydrogen-bond acceptors (Lipinski definition) is 3. The zero-order chi connectivity index (χ0) is 12.1. The Balaban J connectivity index is 1.81. The highest BCUT2D eigenvalue weighted by Gasteiger charge is 2.20. The van der Waals surface area contributed by atoms with Gasteiger partial charge < -0.3 is 10.5 Å². The number of rotatable bonds is 4. The van der Waals surface area contributed by atoms with Gasteiger partial charge in [-0.15, -0.1) is 0 Å². The molecule has 0 unspecified atom stereocenters. The maximum Gasteiger partial charge on any atom is 0.136 e. The predicted octanol–water partition coefficient (Wildman–Crippen LogP) is 2.20. The Labute approximate surface area is 102 Å². The van der Waals surface area contributed by atoms with Crippen molar-refractivity contribution in [1.82, 2.24) is 0 Å². The molecule has 92 valence electrons. The van der Waals surface area contributed by atoms with E-state index in [9.17, 15) is 4.79 Å². The van der Waals surface area contributed by atoms with Crippen molar-refractivity contribution in [3.05, 3.63) is 29.8 Å². The molecule has 0 amide bonds. The molecule has 0 aliphatic carbocycles. The average Bonchev–Trinajstić information content (AvgIpc) is 2.39. The molecule has 1 saturated heterocycles. The summed E-state index contributed by atoms with van der Waals surface area (Å²) in [6, 6.07) is 7.75. The number of hydrogen-bond donors (Lipinski definition) is 1. The molecule has 2 rings (SSSR count). The van der Waals surface area contributed by atoms with Crippen molar-refractivity contribution >= 4 is 11.5 Å². The second kappa shape index (κ2) is 5.82. The largest absolute Gasteiger partial charge is 0.399 e. The van der Waals surface area contributed by atoms with Gasteiger partial charge in [0.2, 0.25) is 0 Å². The minimum absolute atomic E-state index is 0.220. The fourth-order valence-electron chi connectivity index (χ4n) is 2.18. The first kappa shape index (κ1) is 12.1. The Morgan fingerprint density at radius 1 is 1.24 bits per heavy atom. The molecular weight excluding hydrogens is 214 g/mol. The maximum absolute atomic E-state index is 12.0. The van der Waals surface area contributed by atoms with Crippen molar-refractivity contribution in [2.24, 2.45) is 5.92 Å². The summed E-state index contributed by atoms with van der Waals surface area (Å²) in [5.41, 5.74) is 7.57. The third-order valence-electron chi connectivity index (χ3n) is 3.32. The molecule has 0 bridgehead atoms. The van der Waals surface area contributed by atoms with Gasteiger partial charge in [-0.2, -0.15) is 0 Å².